The highest BCUT2D eigenvalue weighted by Gasteiger charge is 2.21. The van der Waals surface area contributed by atoms with Gasteiger partial charge in [-0.2, -0.15) is 0 Å². The van der Waals surface area contributed by atoms with E-state index in [9.17, 15) is 14.4 Å². The maximum atomic E-state index is 12.4. The molecule has 2 rings (SSSR count). The van der Waals surface area contributed by atoms with Crippen LogP contribution in [0.1, 0.15) is 32.2 Å². The van der Waals surface area contributed by atoms with Crippen molar-refractivity contribution >= 4 is 28.2 Å². The fourth-order valence-electron chi connectivity index (χ4n) is 2.51. The zero-order valence-electron chi connectivity index (χ0n) is 14.4. The molecule has 0 bridgehead atoms. The standard InChI is InChI=1S/C17H20N2O4S/c1-9-6-13(20)7-10(2)19(9)8-14(21)18-16-15(17(22)23-5)11(3)12(4)24-16/h6-7H,8H2,1-5H3,(H,18,21). The van der Waals surface area contributed by atoms with Crippen molar-refractivity contribution in [3.63, 3.8) is 0 Å². The second kappa shape index (κ2) is 7.00. The van der Waals surface area contributed by atoms with Gasteiger partial charge in [0.25, 0.3) is 0 Å². The van der Waals surface area contributed by atoms with Crippen molar-refractivity contribution < 1.29 is 14.3 Å². The van der Waals surface area contributed by atoms with E-state index in [4.69, 9.17) is 4.74 Å². The number of thiophene rings is 1. The van der Waals surface area contributed by atoms with Crippen LogP contribution in [0.3, 0.4) is 0 Å². The predicted octanol–water partition coefficient (Wildman–Crippen LogP) is 2.57. The Balaban J connectivity index is 2.27. The largest absolute Gasteiger partial charge is 0.465 e. The molecule has 0 atom stereocenters. The van der Waals surface area contributed by atoms with E-state index in [1.165, 1.54) is 30.6 Å². The van der Waals surface area contributed by atoms with Crippen molar-refractivity contribution in [2.24, 2.45) is 0 Å². The molecule has 6 nitrogen and oxygen atoms in total. The second-order valence-electron chi connectivity index (χ2n) is 5.59. The lowest BCUT2D eigenvalue weighted by atomic mass is 10.1. The van der Waals surface area contributed by atoms with Crippen LogP contribution in [0.15, 0.2) is 16.9 Å². The summed E-state index contributed by atoms with van der Waals surface area (Å²) in [5.41, 5.74) is 2.53. The molecule has 0 fully saturated rings. The van der Waals surface area contributed by atoms with E-state index in [-0.39, 0.29) is 17.9 Å². The van der Waals surface area contributed by atoms with Crippen LogP contribution in [-0.4, -0.2) is 23.6 Å². The number of methoxy groups -OCH3 is 1. The number of rotatable bonds is 4. The Bertz CT molecular complexity index is 838. The predicted molar refractivity (Wildman–Crippen MR) is 93.9 cm³/mol. The quantitative estimate of drug-likeness (QED) is 0.862. The van der Waals surface area contributed by atoms with Crippen LogP contribution in [0.5, 0.6) is 0 Å². The lowest BCUT2D eigenvalue weighted by molar-refractivity contribution is -0.116. The number of esters is 1. The minimum absolute atomic E-state index is 0.0640. The van der Waals surface area contributed by atoms with E-state index >= 15 is 0 Å². The van der Waals surface area contributed by atoms with Gasteiger partial charge in [-0.3, -0.25) is 9.59 Å². The maximum Gasteiger partial charge on any atom is 0.341 e. The van der Waals surface area contributed by atoms with Crippen LogP contribution in [0.4, 0.5) is 5.00 Å². The first-order chi connectivity index (χ1) is 11.2. The van der Waals surface area contributed by atoms with Gasteiger partial charge in [-0.05, 0) is 33.3 Å². The van der Waals surface area contributed by atoms with Gasteiger partial charge in [0.2, 0.25) is 5.91 Å². The van der Waals surface area contributed by atoms with Gasteiger partial charge in [0.1, 0.15) is 11.5 Å². The van der Waals surface area contributed by atoms with E-state index in [1.54, 1.807) is 18.4 Å². The van der Waals surface area contributed by atoms with Crippen LogP contribution in [0.2, 0.25) is 0 Å². The third kappa shape index (κ3) is 3.56. The number of hydrogen-bond acceptors (Lipinski definition) is 5. The zero-order chi connectivity index (χ0) is 18.0. The lowest BCUT2D eigenvalue weighted by Crippen LogP contribution is -2.23. The molecule has 0 saturated heterocycles. The van der Waals surface area contributed by atoms with E-state index in [0.717, 1.165) is 10.4 Å². The average Bonchev–Trinajstić information content (AvgIpc) is 2.76. The molecule has 2 heterocycles. The van der Waals surface area contributed by atoms with Crippen molar-refractivity contribution in [1.82, 2.24) is 4.57 Å². The van der Waals surface area contributed by atoms with Crippen LogP contribution < -0.4 is 10.7 Å². The molecule has 0 aromatic carbocycles. The van der Waals surface area contributed by atoms with Gasteiger partial charge in [-0.1, -0.05) is 0 Å². The molecule has 0 unspecified atom stereocenters. The Hall–Kier alpha value is -2.41. The summed E-state index contributed by atoms with van der Waals surface area (Å²) in [7, 11) is 1.31. The van der Waals surface area contributed by atoms with Gasteiger partial charge in [0, 0.05) is 28.4 Å². The summed E-state index contributed by atoms with van der Waals surface area (Å²) in [6, 6.07) is 2.97. The molecule has 24 heavy (non-hydrogen) atoms. The minimum atomic E-state index is -0.470. The van der Waals surface area contributed by atoms with Crippen molar-refractivity contribution in [3.05, 3.63) is 49.7 Å². The normalized spacial score (nSPS) is 10.5. The molecule has 0 radical (unpaired) electrons. The number of amides is 1. The highest BCUT2D eigenvalue weighted by Crippen LogP contribution is 2.32. The smallest absolute Gasteiger partial charge is 0.341 e. The highest BCUT2D eigenvalue weighted by atomic mass is 32.1. The summed E-state index contributed by atoms with van der Waals surface area (Å²) < 4.78 is 6.55. The third-order valence-electron chi connectivity index (χ3n) is 3.88. The van der Waals surface area contributed by atoms with Crippen LogP contribution in [0, 0.1) is 27.7 Å². The molecule has 0 aliphatic carbocycles. The zero-order valence-corrected chi connectivity index (χ0v) is 15.2. The molecule has 2 aromatic heterocycles. The highest BCUT2D eigenvalue weighted by molar-refractivity contribution is 7.16. The van der Waals surface area contributed by atoms with E-state index in [2.05, 4.69) is 5.32 Å². The molecule has 0 aliphatic heterocycles. The van der Waals surface area contributed by atoms with Gasteiger partial charge in [0.15, 0.2) is 5.43 Å². The number of aryl methyl sites for hydroxylation is 3. The van der Waals surface area contributed by atoms with Crippen LogP contribution in [-0.2, 0) is 16.1 Å². The fourth-order valence-corrected chi connectivity index (χ4v) is 3.57. The third-order valence-corrected chi connectivity index (χ3v) is 5.01. The Morgan fingerprint density at radius 2 is 1.75 bits per heavy atom. The number of nitrogens with zero attached hydrogens (tertiary/aromatic N) is 1. The number of aromatic nitrogens is 1. The summed E-state index contributed by atoms with van der Waals surface area (Å²) in [5, 5.41) is 3.27. The fraction of sp³-hybridized carbons (Fsp3) is 0.353. The Morgan fingerprint density at radius 1 is 1.17 bits per heavy atom. The van der Waals surface area contributed by atoms with E-state index < -0.39 is 5.97 Å². The molecule has 7 heteroatoms. The molecule has 0 spiro atoms. The Morgan fingerprint density at radius 3 is 2.29 bits per heavy atom. The van der Waals surface area contributed by atoms with Crippen molar-refractivity contribution in [2.45, 2.75) is 34.2 Å². The summed E-state index contributed by atoms with van der Waals surface area (Å²) in [5.74, 6) is -0.737. The van der Waals surface area contributed by atoms with Gasteiger partial charge in [-0.25, -0.2) is 4.79 Å². The number of nitrogens with one attached hydrogen (secondary N) is 1. The number of ether oxygens (including phenoxy) is 1. The molecule has 0 aliphatic rings. The SMILES string of the molecule is COC(=O)c1c(NC(=O)Cn2c(C)cc(=O)cc2C)sc(C)c1C. The van der Waals surface area contributed by atoms with Crippen LogP contribution >= 0.6 is 11.3 Å². The monoisotopic (exact) mass is 348 g/mol. The Labute approximate surface area is 144 Å². The summed E-state index contributed by atoms with van der Waals surface area (Å²) in [4.78, 5) is 36.8. The minimum Gasteiger partial charge on any atom is -0.465 e. The average molecular weight is 348 g/mol. The first kappa shape index (κ1) is 17.9. The number of carbonyl (C=O) groups is 2. The van der Waals surface area contributed by atoms with Crippen LogP contribution in [0.25, 0.3) is 0 Å². The lowest BCUT2D eigenvalue weighted by Gasteiger charge is -2.14. The molecular formula is C17H20N2O4S. The first-order valence-electron chi connectivity index (χ1n) is 7.40. The topological polar surface area (TPSA) is 77.4 Å². The van der Waals surface area contributed by atoms with E-state index in [1.807, 2.05) is 13.8 Å². The van der Waals surface area contributed by atoms with E-state index in [0.29, 0.717) is 22.0 Å². The number of anilines is 1. The molecule has 1 amide bonds. The Kier molecular flexibility index (Phi) is 5.23. The summed E-state index contributed by atoms with van der Waals surface area (Å²) in [6.07, 6.45) is 0. The molecule has 0 saturated carbocycles. The molecule has 128 valence electrons. The molecule has 1 N–H and O–H groups in total. The van der Waals surface area contributed by atoms with Crippen molar-refractivity contribution in [2.75, 3.05) is 12.4 Å². The summed E-state index contributed by atoms with van der Waals surface area (Å²) >= 11 is 1.34. The maximum absolute atomic E-state index is 12.4. The molecule has 2 aromatic rings. The van der Waals surface area contributed by atoms with Crippen molar-refractivity contribution in [3.8, 4) is 0 Å². The van der Waals surface area contributed by atoms with Gasteiger partial charge in [-0.15, -0.1) is 11.3 Å². The van der Waals surface area contributed by atoms with Gasteiger partial charge < -0.3 is 14.6 Å². The van der Waals surface area contributed by atoms with Gasteiger partial charge >= 0.3 is 5.97 Å². The number of carbonyl (C=O) groups excluding carboxylic acids is 2. The number of pyridine rings is 1. The first-order valence-corrected chi connectivity index (χ1v) is 8.22. The van der Waals surface area contributed by atoms with Gasteiger partial charge in [0.05, 0.1) is 12.7 Å². The van der Waals surface area contributed by atoms with Crippen molar-refractivity contribution in [1.29, 1.82) is 0 Å². The summed E-state index contributed by atoms with van der Waals surface area (Å²) in [6.45, 7) is 7.33. The molecular weight excluding hydrogens is 328 g/mol. The number of hydrogen-bond donors (Lipinski definition) is 1. The second-order valence-corrected chi connectivity index (χ2v) is 6.81.